The van der Waals surface area contributed by atoms with Crippen molar-refractivity contribution in [2.75, 3.05) is 4.90 Å². The Morgan fingerprint density at radius 2 is 1.70 bits per heavy atom. The van der Waals surface area contributed by atoms with Crippen LogP contribution in [0.3, 0.4) is 0 Å². The number of allylic oxidation sites excluding steroid dienone is 2. The molecule has 0 radical (unpaired) electrons. The highest BCUT2D eigenvalue weighted by Gasteiger charge is 2.44. The van der Waals surface area contributed by atoms with Crippen molar-refractivity contribution in [3.05, 3.63) is 81.0 Å². The number of Topliss-reactive ketones (excluding diaryl/α,β-unsaturated/α-hetero) is 1. The van der Waals surface area contributed by atoms with E-state index in [4.69, 9.17) is 0 Å². The summed E-state index contributed by atoms with van der Waals surface area (Å²) in [6.45, 7) is 6.06. The van der Waals surface area contributed by atoms with Gasteiger partial charge in [-0.1, -0.05) is 38.1 Å². The fraction of sp³-hybridized carbons (Fsp3) is 0.333. The van der Waals surface area contributed by atoms with E-state index in [9.17, 15) is 19.7 Å². The fourth-order valence-corrected chi connectivity index (χ4v) is 4.68. The molecule has 0 spiro atoms. The zero-order valence-electron chi connectivity index (χ0n) is 17.3. The smallest absolute Gasteiger partial charge is 0.269 e. The Labute approximate surface area is 175 Å². The van der Waals surface area contributed by atoms with Gasteiger partial charge in [0.15, 0.2) is 5.78 Å². The lowest BCUT2D eigenvalue weighted by Gasteiger charge is -2.43. The molecule has 0 N–H and O–H groups in total. The van der Waals surface area contributed by atoms with Crippen LogP contribution in [-0.2, 0) is 9.59 Å². The van der Waals surface area contributed by atoms with Gasteiger partial charge in [0, 0.05) is 47.8 Å². The molecule has 0 fully saturated rings. The van der Waals surface area contributed by atoms with Crippen LogP contribution in [0.4, 0.5) is 11.4 Å². The molecule has 1 aliphatic carbocycles. The quantitative estimate of drug-likeness (QED) is 0.528. The van der Waals surface area contributed by atoms with E-state index >= 15 is 0 Å². The summed E-state index contributed by atoms with van der Waals surface area (Å²) in [4.78, 5) is 38.8. The van der Waals surface area contributed by atoms with Crippen LogP contribution in [0.25, 0.3) is 0 Å². The molecule has 0 saturated carbocycles. The largest absolute Gasteiger partial charge is 0.294 e. The third-order valence-electron chi connectivity index (χ3n) is 6.03. The number of nitro benzene ring substituents is 1. The third-order valence-corrected chi connectivity index (χ3v) is 6.03. The molecule has 2 aromatic rings. The highest BCUT2D eigenvalue weighted by Crippen LogP contribution is 2.48. The minimum atomic E-state index is -0.464. The molecule has 1 heterocycles. The predicted molar refractivity (Wildman–Crippen MR) is 114 cm³/mol. The summed E-state index contributed by atoms with van der Waals surface area (Å²) in [7, 11) is 0. The molecule has 6 nitrogen and oxygen atoms in total. The van der Waals surface area contributed by atoms with E-state index in [0.29, 0.717) is 24.1 Å². The number of non-ortho nitro benzene ring substituents is 1. The molecule has 4 rings (SSSR count). The van der Waals surface area contributed by atoms with E-state index in [1.165, 1.54) is 12.1 Å². The lowest BCUT2D eigenvalue weighted by atomic mass is 9.69. The number of nitro groups is 1. The topological polar surface area (TPSA) is 80.5 Å². The Kier molecular flexibility index (Phi) is 4.80. The summed E-state index contributed by atoms with van der Waals surface area (Å²) in [5.41, 5.74) is 3.78. The first kappa shape index (κ1) is 20.0. The second kappa shape index (κ2) is 7.20. The fourth-order valence-electron chi connectivity index (χ4n) is 4.68. The number of rotatable bonds is 3. The molecule has 0 aromatic heterocycles. The van der Waals surface area contributed by atoms with Crippen molar-refractivity contribution in [2.45, 2.75) is 46.0 Å². The molecule has 2 aromatic carbocycles. The summed E-state index contributed by atoms with van der Waals surface area (Å²) in [6, 6.07) is 13.8. The number of nitrogens with zero attached hydrogens (tertiary/aromatic N) is 2. The van der Waals surface area contributed by atoms with Gasteiger partial charge in [-0.2, -0.15) is 0 Å². The van der Waals surface area contributed by atoms with Crippen LogP contribution in [0.5, 0.6) is 0 Å². The molecule has 1 atom stereocenters. The molecule has 0 bridgehead atoms. The van der Waals surface area contributed by atoms with Crippen LogP contribution in [0.15, 0.2) is 59.8 Å². The van der Waals surface area contributed by atoms with Gasteiger partial charge in [-0.05, 0) is 42.0 Å². The van der Waals surface area contributed by atoms with E-state index in [0.717, 1.165) is 16.8 Å². The number of hydrogen-bond acceptors (Lipinski definition) is 4. The minimum Gasteiger partial charge on any atom is -0.294 e. The van der Waals surface area contributed by atoms with Crippen molar-refractivity contribution in [3.63, 3.8) is 0 Å². The number of amides is 1. The second-order valence-corrected chi connectivity index (χ2v) is 8.92. The van der Waals surface area contributed by atoms with Gasteiger partial charge in [0.25, 0.3) is 5.69 Å². The first-order chi connectivity index (χ1) is 14.2. The number of hydrogen-bond donors (Lipinski definition) is 0. The summed E-state index contributed by atoms with van der Waals surface area (Å²) < 4.78 is 0. The van der Waals surface area contributed by atoms with Crippen molar-refractivity contribution in [1.29, 1.82) is 0 Å². The van der Waals surface area contributed by atoms with E-state index in [2.05, 4.69) is 0 Å². The van der Waals surface area contributed by atoms with Crippen LogP contribution in [-0.4, -0.2) is 16.6 Å². The Morgan fingerprint density at radius 1 is 1.03 bits per heavy atom. The summed E-state index contributed by atoms with van der Waals surface area (Å²) in [6.07, 6.45) is 1.24. The highest BCUT2D eigenvalue weighted by molar-refractivity contribution is 6.07. The Bertz CT molecular complexity index is 1080. The van der Waals surface area contributed by atoms with Crippen molar-refractivity contribution >= 4 is 23.1 Å². The van der Waals surface area contributed by atoms with Crippen molar-refractivity contribution < 1.29 is 14.5 Å². The maximum Gasteiger partial charge on any atom is 0.269 e. The molecule has 2 aliphatic rings. The van der Waals surface area contributed by atoms with Gasteiger partial charge in [-0.25, -0.2) is 0 Å². The number of anilines is 1. The van der Waals surface area contributed by atoms with Crippen molar-refractivity contribution in [1.82, 2.24) is 0 Å². The van der Waals surface area contributed by atoms with E-state index in [1.807, 2.05) is 45.0 Å². The molecule has 6 heteroatoms. The van der Waals surface area contributed by atoms with Gasteiger partial charge in [0.05, 0.1) is 4.92 Å². The first-order valence-electron chi connectivity index (χ1n) is 10.1. The van der Waals surface area contributed by atoms with Gasteiger partial charge in [-0.3, -0.25) is 24.6 Å². The molecular formula is C24H24N2O4. The Balaban J connectivity index is 1.88. The van der Waals surface area contributed by atoms with Gasteiger partial charge in [0.1, 0.15) is 0 Å². The lowest BCUT2D eigenvalue weighted by molar-refractivity contribution is -0.384. The van der Waals surface area contributed by atoms with E-state index < -0.39 is 4.92 Å². The van der Waals surface area contributed by atoms with Gasteiger partial charge in [0.2, 0.25) is 5.91 Å². The third kappa shape index (κ3) is 3.43. The standard InChI is InChI=1S/C24H24N2O4/c1-15-6-4-5-7-18(15)19-12-22(28)25(16-8-10-17(11-9-16)26(29)30)20-13-24(2,3)14-21(27)23(19)20/h4-11,19H,12-14H2,1-3H3. The van der Waals surface area contributed by atoms with Gasteiger partial charge < -0.3 is 0 Å². The van der Waals surface area contributed by atoms with Crippen molar-refractivity contribution in [3.8, 4) is 0 Å². The SMILES string of the molecule is Cc1ccccc1C1CC(=O)N(c2ccc([N+](=O)[O-])cc2)C2=C1C(=O)CC(C)(C)C2. The molecule has 1 unspecified atom stereocenters. The second-order valence-electron chi connectivity index (χ2n) is 8.92. The van der Waals surface area contributed by atoms with Crippen LogP contribution in [0.1, 0.15) is 50.2 Å². The molecule has 1 aliphatic heterocycles. The maximum atomic E-state index is 13.3. The number of aryl methyl sites for hydroxylation is 1. The lowest BCUT2D eigenvalue weighted by Crippen LogP contribution is -2.43. The predicted octanol–water partition coefficient (Wildman–Crippen LogP) is 5.07. The zero-order valence-corrected chi connectivity index (χ0v) is 17.3. The maximum absolute atomic E-state index is 13.3. The van der Waals surface area contributed by atoms with Crippen LogP contribution in [0.2, 0.25) is 0 Å². The Morgan fingerprint density at radius 3 is 2.33 bits per heavy atom. The number of carbonyl (C=O) groups is 2. The highest BCUT2D eigenvalue weighted by atomic mass is 16.6. The van der Waals surface area contributed by atoms with E-state index in [-0.39, 0.29) is 35.1 Å². The zero-order chi connectivity index (χ0) is 21.6. The minimum absolute atomic E-state index is 0.0322. The van der Waals surface area contributed by atoms with Crippen LogP contribution in [0, 0.1) is 22.5 Å². The summed E-state index contributed by atoms with van der Waals surface area (Å²) >= 11 is 0. The molecule has 154 valence electrons. The average Bonchev–Trinajstić information content (AvgIpc) is 2.67. The van der Waals surface area contributed by atoms with E-state index in [1.54, 1.807) is 17.0 Å². The van der Waals surface area contributed by atoms with Gasteiger partial charge >= 0.3 is 0 Å². The number of ketones is 1. The van der Waals surface area contributed by atoms with Crippen LogP contribution >= 0.6 is 0 Å². The van der Waals surface area contributed by atoms with Crippen LogP contribution < -0.4 is 4.90 Å². The molecular weight excluding hydrogens is 380 g/mol. The normalized spacial score (nSPS) is 20.9. The molecule has 0 saturated heterocycles. The summed E-state index contributed by atoms with van der Waals surface area (Å²) in [5.74, 6) is -0.276. The average molecular weight is 404 g/mol. The first-order valence-corrected chi connectivity index (χ1v) is 10.1. The number of benzene rings is 2. The molecule has 1 amide bonds. The van der Waals surface area contributed by atoms with Crippen molar-refractivity contribution in [2.24, 2.45) is 5.41 Å². The Hall–Kier alpha value is -3.28. The number of carbonyl (C=O) groups excluding carboxylic acids is 2. The summed E-state index contributed by atoms with van der Waals surface area (Å²) in [5, 5.41) is 11.0. The molecule has 30 heavy (non-hydrogen) atoms. The monoisotopic (exact) mass is 404 g/mol. The van der Waals surface area contributed by atoms with Gasteiger partial charge in [-0.15, -0.1) is 0 Å².